The number of nitrogens with one attached hydrogen (secondary N) is 4. The Kier molecular flexibility index (Phi) is 62.3. The van der Waals surface area contributed by atoms with Crippen LogP contribution in [0.3, 0.4) is 0 Å². The second kappa shape index (κ2) is 46.5. The van der Waals surface area contributed by atoms with Gasteiger partial charge in [0, 0.05) is 13.1 Å². The van der Waals surface area contributed by atoms with Crippen molar-refractivity contribution in [3.63, 3.8) is 0 Å². The molecule has 0 aliphatic carbocycles. The molecule has 3 atom stereocenters. The summed E-state index contributed by atoms with van der Waals surface area (Å²) < 4.78 is 0. The van der Waals surface area contributed by atoms with Crippen LogP contribution in [0, 0.1) is 0 Å². The molecule has 0 aromatic carbocycles. The first-order chi connectivity index (χ1) is 19.1. The van der Waals surface area contributed by atoms with Crippen molar-refractivity contribution in [1.82, 2.24) is 10.6 Å². The third kappa shape index (κ3) is 66.7. The molecule has 245 valence electrons. The number of urea groups is 2. The van der Waals surface area contributed by atoms with Crippen molar-refractivity contribution in [1.29, 1.82) is 0 Å². The molecule has 3 radical (unpaired) electrons. The van der Waals surface area contributed by atoms with E-state index in [-0.39, 0.29) is 29.9 Å². The Morgan fingerprint density at radius 2 is 1.12 bits per heavy atom. The molecule has 0 fully saturated rings. The summed E-state index contributed by atoms with van der Waals surface area (Å²) in [5.74, 6) is -3.24. The van der Waals surface area contributed by atoms with E-state index < -0.39 is 48.1 Å². The molecular formula is C18H39Al2CuN9O9S3. The van der Waals surface area contributed by atoms with E-state index in [4.69, 9.17) is 54.5 Å². The van der Waals surface area contributed by atoms with Gasteiger partial charge in [-0.25, -0.2) is 9.59 Å². The number of nitrogens with two attached hydrogens (primary N) is 5. The molecule has 0 saturated carbocycles. The molecule has 24 heteroatoms. The molecule has 0 aliphatic rings. The molecule has 18 nitrogen and oxygen atoms in total. The number of primary amides is 3. The largest absolute Gasteiger partial charge is 2.00 e. The molecule has 42 heavy (non-hydrogen) atoms. The van der Waals surface area contributed by atoms with Gasteiger partial charge in [-0.1, -0.05) is 12.8 Å². The van der Waals surface area contributed by atoms with Gasteiger partial charge in [0.2, 0.25) is 6.41 Å². The van der Waals surface area contributed by atoms with Crippen LogP contribution in [-0.2, 0) is 55.6 Å². The Bertz CT molecular complexity index is 726. The molecule has 0 spiro atoms. The van der Waals surface area contributed by atoms with Crippen LogP contribution in [0.2, 0.25) is 0 Å². The summed E-state index contributed by atoms with van der Waals surface area (Å²) in [6, 6.07) is -4.21. The van der Waals surface area contributed by atoms with Gasteiger partial charge in [0.25, 0.3) is 11.9 Å². The van der Waals surface area contributed by atoms with E-state index >= 15 is 0 Å². The maximum absolute atomic E-state index is 10.2. The number of carbonyl (C=O) groups is 6. The summed E-state index contributed by atoms with van der Waals surface area (Å²) in [5.41, 5.74) is 37.8. The zero-order valence-corrected chi connectivity index (χ0v) is 28.2. The predicted molar refractivity (Wildman–Crippen MR) is 163 cm³/mol. The van der Waals surface area contributed by atoms with Gasteiger partial charge in [0.05, 0.1) is 0 Å². The number of carboxylic acid groups (broad SMARTS) is 3. The van der Waals surface area contributed by atoms with Crippen LogP contribution in [0.4, 0.5) is 9.59 Å². The third-order valence-corrected chi connectivity index (χ3v) is 3.57. The van der Waals surface area contributed by atoms with Gasteiger partial charge in [-0.05, 0) is 44.3 Å². The number of hydrogen-bond donors (Lipinski definition) is 10. The summed E-state index contributed by atoms with van der Waals surface area (Å²) in [7, 11) is 5.25. The number of amides is 5. The van der Waals surface area contributed by atoms with Crippen molar-refractivity contribution in [3.8, 4) is 0 Å². The van der Waals surface area contributed by atoms with Crippen LogP contribution in [0.1, 0.15) is 38.5 Å². The maximum Gasteiger partial charge on any atom is 2.00 e. The van der Waals surface area contributed by atoms with E-state index in [0.717, 1.165) is 0 Å². The molecule has 5 amide bonds. The SMILES string of the molecule is NC(=O)NCCCC(N)C(=O)O.NC=O.[Al]=[S].[Al]=[S]=S.[Cu+2].[NH-]C(CCCN)C(=O)O.[NH-]C(CCCNC(N)=O)C(=O)O. The van der Waals surface area contributed by atoms with Crippen molar-refractivity contribution in [2.45, 2.75) is 56.7 Å². The van der Waals surface area contributed by atoms with Gasteiger partial charge in [-0.15, -0.1) is 0 Å². The second-order valence-corrected chi connectivity index (χ2v) is 9.26. The van der Waals surface area contributed by atoms with E-state index in [1.807, 2.05) is 14.6 Å². The molecule has 0 bridgehead atoms. The topological polar surface area (TPSA) is 365 Å². The molecule has 0 aromatic heterocycles. The Morgan fingerprint density at radius 1 is 0.833 bits per heavy atom. The molecule has 0 rings (SSSR count). The van der Waals surface area contributed by atoms with Gasteiger partial charge in [-0.2, -0.15) is 0 Å². The Morgan fingerprint density at radius 3 is 1.36 bits per heavy atom. The fourth-order valence-electron chi connectivity index (χ4n) is 1.74. The summed E-state index contributed by atoms with van der Waals surface area (Å²) in [5, 5.41) is 29.5. The summed E-state index contributed by atoms with van der Waals surface area (Å²) in [6.45, 7) is 1.14. The van der Waals surface area contributed by atoms with Crippen molar-refractivity contribution < 1.29 is 61.2 Å². The van der Waals surface area contributed by atoms with Crippen LogP contribution in [-0.4, -0.2) is 119 Å². The first-order valence-corrected chi connectivity index (χ1v) is 16.2. The zero-order valence-electron chi connectivity index (χ0n) is 22.5. The van der Waals surface area contributed by atoms with Gasteiger partial charge >= 0.3 is 94.3 Å². The molecule has 0 aliphatic heterocycles. The van der Waals surface area contributed by atoms with Crippen LogP contribution in [0.5, 0.6) is 0 Å². The first-order valence-electron chi connectivity index (χ1n) is 11.1. The molecular weight excluding hydrogens is 700 g/mol. The van der Waals surface area contributed by atoms with Crippen molar-refractivity contribution in [3.05, 3.63) is 11.5 Å². The normalized spacial score (nSPS) is 10.3. The quantitative estimate of drug-likeness (QED) is 0.0524. The monoisotopic (exact) mass is 738 g/mol. The van der Waals surface area contributed by atoms with E-state index in [0.29, 0.717) is 51.7 Å². The third-order valence-electron chi connectivity index (χ3n) is 3.57. The average Bonchev–Trinajstić information content (AvgIpc) is 2.89. The Balaban J connectivity index is -0.0000000772. The molecule has 3 unspecified atom stereocenters. The Labute approximate surface area is 282 Å². The number of hydrogen-bond acceptors (Lipinski definition) is 10. The fourth-order valence-corrected chi connectivity index (χ4v) is 1.74. The van der Waals surface area contributed by atoms with Gasteiger partial charge in [-0.3, -0.25) is 19.2 Å². The van der Waals surface area contributed by atoms with Crippen LogP contribution in [0.15, 0.2) is 0 Å². The molecule has 0 aromatic rings. The van der Waals surface area contributed by atoms with Gasteiger partial charge < -0.3 is 66.1 Å². The Hall–Kier alpha value is -1.50. The second-order valence-electron chi connectivity index (χ2n) is 6.76. The number of aliphatic carboxylic acids is 3. The average molecular weight is 739 g/mol. The summed E-state index contributed by atoms with van der Waals surface area (Å²) in [6.07, 6.45) is 2.72. The minimum absolute atomic E-state index is 0. The smallest absolute Gasteiger partial charge is 0.665 e. The zero-order chi connectivity index (χ0) is 33.8. The first kappa shape index (κ1) is 56.3. The van der Waals surface area contributed by atoms with Crippen molar-refractivity contribution in [2.75, 3.05) is 19.6 Å². The standard InChI is InChI=1S/C6H13N3O3.C6H12N3O3.C5H11N2O2.CH3NO.2Al.Cu.S2.S/c2*7-4(5(10)11)2-1-3-9-6(8)12;6-3-1-2-4(7)5(8)9;2-1-3;;;;1-2;/h4H,1-3,7H2,(H,10,11)(H3,8,9,12);4,7H,1-3H2,(H,10,11)(H3,8,9,12);4,7H,1-3,6H2,(H,8,9);1H,(H2,2,3);;;;;/q;2*-1;;;;+2;;. The van der Waals surface area contributed by atoms with E-state index in [1.54, 1.807) is 0 Å². The summed E-state index contributed by atoms with van der Waals surface area (Å²) >= 11 is 8.58. The minimum atomic E-state index is -1.14. The van der Waals surface area contributed by atoms with Crippen molar-refractivity contribution >= 4 is 95.6 Å². The number of rotatable bonds is 14. The van der Waals surface area contributed by atoms with E-state index in [2.05, 4.69) is 52.7 Å². The number of carboxylic acids is 3. The molecule has 0 saturated heterocycles. The van der Waals surface area contributed by atoms with Crippen molar-refractivity contribution in [2.24, 2.45) is 28.7 Å². The molecule has 0 heterocycles. The predicted octanol–water partition coefficient (Wildman–Crippen LogP) is -2.00. The van der Waals surface area contributed by atoms with E-state index in [1.165, 1.54) is 8.19 Å². The van der Waals surface area contributed by atoms with Crippen LogP contribution >= 0.6 is 10.5 Å². The van der Waals surface area contributed by atoms with Crippen LogP contribution < -0.4 is 39.3 Å². The maximum atomic E-state index is 10.2. The van der Waals surface area contributed by atoms with Gasteiger partial charge in [0.1, 0.15) is 6.04 Å². The summed E-state index contributed by atoms with van der Waals surface area (Å²) in [4.78, 5) is 59.1. The van der Waals surface area contributed by atoms with Crippen LogP contribution in [0.25, 0.3) is 11.5 Å². The minimum Gasteiger partial charge on any atom is -0.665 e. The number of carbonyl (C=O) groups excluding carboxylic acids is 3. The van der Waals surface area contributed by atoms with Gasteiger partial charge in [0.15, 0.2) is 0 Å². The van der Waals surface area contributed by atoms with E-state index in [9.17, 15) is 24.0 Å². The fraction of sp³-hybridized carbons (Fsp3) is 0.667. The molecule has 17 N–H and O–H groups in total.